The van der Waals surface area contributed by atoms with Gasteiger partial charge in [0.1, 0.15) is 0 Å². The van der Waals surface area contributed by atoms with Gasteiger partial charge in [0.2, 0.25) is 11.9 Å². The predicted molar refractivity (Wildman–Crippen MR) is 163 cm³/mol. The molecule has 3 aromatic rings. The molecular formula is C29H40N8O5. The first-order valence-corrected chi connectivity index (χ1v) is 14.1. The topological polar surface area (TPSA) is 168 Å². The number of nitrogens with zero attached hydrogens (tertiary/aromatic N) is 5. The van der Waals surface area contributed by atoms with E-state index in [0.29, 0.717) is 81.7 Å². The summed E-state index contributed by atoms with van der Waals surface area (Å²) in [6, 6.07) is 12.7. The summed E-state index contributed by atoms with van der Waals surface area (Å²) in [5.74, 6) is 0.756. The molecule has 0 saturated carbocycles. The fourth-order valence-electron chi connectivity index (χ4n) is 3.98. The zero-order valence-electron chi connectivity index (χ0n) is 24.4. The van der Waals surface area contributed by atoms with Gasteiger partial charge in [0, 0.05) is 43.1 Å². The van der Waals surface area contributed by atoms with Gasteiger partial charge in [-0.3, -0.25) is 0 Å². The zero-order chi connectivity index (χ0) is 30.3. The minimum atomic E-state index is -1.02. The maximum absolute atomic E-state index is 12.4. The molecule has 5 rings (SSSR count). The van der Waals surface area contributed by atoms with Gasteiger partial charge in [0.25, 0.3) is 0 Å². The number of carbonyl (C=O) groups is 2. The lowest BCUT2D eigenvalue weighted by molar-refractivity contribution is 0.0697. The first kappa shape index (κ1) is 32.2. The number of benzene rings is 2. The quantitative estimate of drug-likeness (QED) is 0.336. The molecule has 5 N–H and O–H groups in total. The van der Waals surface area contributed by atoms with E-state index in [2.05, 4.69) is 20.4 Å². The number of nitrogens with one attached hydrogen (secondary N) is 2. The fourth-order valence-corrected chi connectivity index (χ4v) is 3.98. The van der Waals surface area contributed by atoms with Crippen molar-refractivity contribution in [2.75, 3.05) is 79.6 Å². The highest BCUT2D eigenvalue weighted by atomic mass is 16.5. The number of amides is 2. The number of ether oxygens (including phenoxy) is 2. The molecule has 0 bridgehead atoms. The largest absolute Gasteiger partial charge is 0.478 e. The number of morpholine rings is 2. The highest BCUT2D eigenvalue weighted by molar-refractivity contribution is 6.00. The van der Waals surface area contributed by atoms with Gasteiger partial charge >= 0.3 is 12.0 Å². The highest BCUT2D eigenvalue weighted by Gasteiger charge is 2.21. The molecule has 226 valence electrons. The zero-order valence-corrected chi connectivity index (χ0v) is 24.4. The van der Waals surface area contributed by atoms with Crippen molar-refractivity contribution in [2.24, 2.45) is 5.73 Å². The summed E-state index contributed by atoms with van der Waals surface area (Å²) >= 11 is 0. The average molecular weight is 581 g/mol. The molecule has 2 aromatic carbocycles. The van der Waals surface area contributed by atoms with Crippen LogP contribution in [0, 0.1) is 0 Å². The monoisotopic (exact) mass is 580 g/mol. The van der Waals surface area contributed by atoms with Crippen LogP contribution < -0.4 is 26.2 Å². The molecule has 1 aromatic heterocycles. The summed E-state index contributed by atoms with van der Waals surface area (Å²) in [6.07, 6.45) is 0. The van der Waals surface area contributed by atoms with Crippen molar-refractivity contribution in [3.05, 3.63) is 54.1 Å². The van der Waals surface area contributed by atoms with Crippen molar-refractivity contribution < 1.29 is 24.2 Å². The predicted octanol–water partition coefficient (Wildman–Crippen LogP) is 3.55. The molecular weight excluding hydrogens is 540 g/mol. The number of urea groups is 1. The molecule has 0 aliphatic carbocycles. The molecule has 0 spiro atoms. The van der Waals surface area contributed by atoms with E-state index in [1.165, 1.54) is 24.3 Å². The number of aromatic nitrogens is 3. The second-order valence-corrected chi connectivity index (χ2v) is 8.91. The van der Waals surface area contributed by atoms with E-state index in [0.717, 1.165) is 12.1 Å². The van der Waals surface area contributed by atoms with Gasteiger partial charge < -0.3 is 40.7 Å². The Labute approximate surface area is 246 Å². The number of carboxylic acids is 1. The molecule has 2 aliphatic rings. The van der Waals surface area contributed by atoms with Crippen LogP contribution in [0.1, 0.15) is 31.1 Å². The summed E-state index contributed by atoms with van der Waals surface area (Å²) in [5, 5.41) is 14.4. The number of aromatic carboxylic acids is 1. The average Bonchev–Trinajstić information content (AvgIpc) is 3.03. The van der Waals surface area contributed by atoms with Gasteiger partial charge in [-0.2, -0.15) is 15.0 Å². The third kappa shape index (κ3) is 9.36. The van der Waals surface area contributed by atoms with Crippen LogP contribution >= 0.6 is 0 Å². The lowest BCUT2D eigenvalue weighted by atomic mass is 10.2. The van der Waals surface area contributed by atoms with Gasteiger partial charge in [-0.25, -0.2) is 9.59 Å². The number of nitrogens with two attached hydrogens (primary N) is 1. The van der Waals surface area contributed by atoms with Crippen LogP contribution in [0.4, 0.5) is 28.1 Å². The summed E-state index contributed by atoms with van der Waals surface area (Å²) < 4.78 is 11.0. The summed E-state index contributed by atoms with van der Waals surface area (Å²) in [7, 11) is 0. The fraction of sp³-hybridized carbons (Fsp3) is 0.414. The maximum atomic E-state index is 12.4. The summed E-state index contributed by atoms with van der Waals surface area (Å²) in [4.78, 5) is 41.8. The Hall–Kier alpha value is -4.33. The molecule has 2 aliphatic heterocycles. The third-order valence-electron chi connectivity index (χ3n) is 5.99. The smallest absolute Gasteiger partial charge is 0.335 e. The van der Waals surface area contributed by atoms with E-state index >= 15 is 0 Å². The van der Waals surface area contributed by atoms with Crippen LogP contribution in [0.15, 0.2) is 48.5 Å². The Morgan fingerprint density at radius 2 is 1.19 bits per heavy atom. The Balaban J connectivity index is 0.000000910. The third-order valence-corrected chi connectivity index (χ3v) is 5.99. The van der Waals surface area contributed by atoms with Crippen LogP contribution in [-0.2, 0) is 9.47 Å². The van der Waals surface area contributed by atoms with Gasteiger partial charge in [-0.05, 0) is 55.1 Å². The van der Waals surface area contributed by atoms with Crippen molar-refractivity contribution in [1.82, 2.24) is 15.0 Å². The van der Waals surface area contributed by atoms with Crippen molar-refractivity contribution in [1.29, 1.82) is 0 Å². The van der Waals surface area contributed by atoms with Crippen molar-refractivity contribution in [3.63, 3.8) is 0 Å². The molecule has 42 heavy (non-hydrogen) atoms. The first-order chi connectivity index (χ1) is 20.5. The lowest BCUT2D eigenvalue weighted by Crippen LogP contribution is -2.40. The number of hydrogen-bond donors (Lipinski definition) is 4. The molecule has 2 saturated heterocycles. The van der Waals surface area contributed by atoms with E-state index in [1.807, 2.05) is 32.9 Å². The summed E-state index contributed by atoms with van der Waals surface area (Å²) in [6.45, 7) is 12.0. The van der Waals surface area contributed by atoms with E-state index < -0.39 is 12.0 Å². The molecule has 0 unspecified atom stereocenters. The van der Waals surface area contributed by atoms with Gasteiger partial charge in [-0.15, -0.1) is 0 Å². The summed E-state index contributed by atoms with van der Waals surface area (Å²) in [5.41, 5.74) is 6.85. The van der Waals surface area contributed by atoms with E-state index in [4.69, 9.17) is 35.3 Å². The number of carbonyl (C=O) groups excluding carboxylic acids is 1. The number of hydrogen-bond acceptors (Lipinski definition) is 10. The second kappa shape index (κ2) is 16.8. The minimum absolute atomic E-state index is 0.147. The molecule has 13 heteroatoms. The van der Waals surface area contributed by atoms with Crippen LogP contribution in [0.3, 0.4) is 0 Å². The maximum Gasteiger partial charge on any atom is 0.335 e. The van der Waals surface area contributed by atoms with Crippen LogP contribution in [-0.4, -0.2) is 91.2 Å². The number of anilines is 4. The van der Waals surface area contributed by atoms with Crippen LogP contribution in [0.5, 0.6) is 0 Å². The van der Waals surface area contributed by atoms with E-state index in [9.17, 15) is 9.59 Å². The Kier molecular flexibility index (Phi) is 12.9. The number of rotatable bonds is 6. The molecule has 2 fully saturated rings. The molecule has 2 amide bonds. The SMILES string of the molecule is CC.CCN.O=C(Nc1ccc(C(=O)O)cc1)Nc1ccc(-c2nc(N3CCOCC3)nc(N3CCOCC3)n2)cc1. The second-order valence-electron chi connectivity index (χ2n) is 8.91. The first-order valence-electron chi connectivity index (χ1n) is 14.1. The Morgan fingerprint density at radius 1 is 0.786 bits per heavy atom. The molecule has 0 atom stereocenters. The van der Waals surface area contributed by atoms with E-state index in [1.54, 1.807) is 12.1 Å². The van der Waals surface area contributed by atoms with Crippen LogP contribution in [0.2, 0.25) is 0 Å². The molecule has 0 radical (unpaired) electrons. The molecule has 13 nitrogen and oxygen atoms in total. The highest BCUT2D eigenvalue weighted by Crippen LogP contribution is 2.24. The standard InChI is InChI=1S/C25H27N7O5.C2H7N.C2H6/c33-22(34)18-3-7-20(8-4-18)27-25(35)26-19-5-1-17(2-6-19)21-28-23(31-9-13-36-14-10-31)30-24(29-21)32-11-15-37-16-12-32;1-2-3;1-2/h1-8H,9-16H2,(H,33,34)(H2,26,27,35);2-3H2,1H3;1-2H3. The Bertz CT molecular complexity index is 1230. The van der Waals surface area contributed by atoms with Gasteiger partial charge in [-0.1, -0.05) is 20.8 Å². The Morgan fingerprint density at radius 3 is 1.60 bits per heavy atom. The van der Waals surface area contributed by atoms with Crippen molar-refractivity contribution in [2.45, 2.75) is 20.8 Å². The number of carboxylic acid groups (broad SMARTS) is 1. The van der Waals surface area contributed by atoms with Gasteiger partial charge in [0.15, 0.2) is 5.82 Å². The van der Waals surface area contributed by atoms with Crippen molar-refractivity contribution in [3.8, 4) is 11.4 Å². The molecule has 3 heterocycles. The minimum Gasteiger partial charge on any atom is -0.478 e. The van der Waals surface area contributed by atoms with Crippen molar-refractivity contribution >= 4 is 35.3 Å². The lowest BCUT2D eigenvalue weighted by Gasteiger charge is -2.30. The van der Waals surface area contributed by atoms with E-state index in [-0.39, 0.29) is 5.56 Å². The van der Waals surface area contributed by atoms with Gasteiger partial charge in [0.05, 0.1) is 32.0 Å². The normalized spacial score (nSPS) is 14.5. The van der Waals surface area contributed by atoms with Crippen LogP contribution in [0.25, 0.3) is 11.4 Å².